The van der Waals surface area contributed by atoms with Crippen LogP contribution < -0.4 is 10.7 Å². The van der Waals surface area contributed by atoms with E-state index in [0.717, 1.165) is 18.9 Å². The Labute approximate surface area is 177 Å². The Kier molecular flexibility index (Phi) is 5.07. The minimum atomic E-state index is -0.966. The largest absolute Gasteiger partial charge is 0.503 e. The van der Waals surface area contributed by atoms with Crippen molar-refractivity contribution >= 4 is 11.8 Å². The van der Waals surface area contributed by atoms with Gasteiger partial charge in [0.05, 0.1) is 5.54 Å². The predicted molar refractivity (Wildman–Crippen MR) is 108 cm³/mol. The van der Waals surface area contributed by atoms with Crippen molar-refractivity contribution in [2.75, 3.05) is 6.54 Å². The SMILES string of the molecule is CC[C@H]1CN2C(=O)c3c(O)c(=O)c(C(=O)NCc4ccc(F)cc4F)cn3C[C@]2(C)C1. The molecular weight excluding hydrogens is 408 g/mol. The molecule has 2 aromatic rings. The van der Waals surface area contributed by atoms with Crippen LogP contribution in [0.3, 0.4) is 0 Å². The zero-order chi connectivity index (χ0) is 22.5. The first-order chi connectivity index (χ1) is 14.6. The molecule has 0 aliphatic carbocycles. The maximum absolute atomic E-state index is 13.8. The topological polar surface area (TPSA) is 91.6 Å². The van der Waals surface area contributed by atoms with Crippen LogP contribution in [0.5, 0.6) is 5.75 Å². The third kappa shape index (κ3) is 3.47. The lowest BCUT2D eigenvalue weighted by Crippen LogP contribution is -2.53. The molecule has 0 bridgehead atoms. The van der Waals surface area contributed by atoms with Gasteiger partial charge in [0.15, 0.2) is 11.4 Å². The van der Waals surface area contributed by atoms with Crippen molar-refractivity contribution in [2.45, 2.75) is 45.3 Å². The summed E-state index contributed by atoms with van der Waals surface area (Å²) in [6, 6.07) is 2.96. The van der Waals surface area contributed by atoms with Gasteiger partial charge in [0.1, 0.15) is 17.2 Å². The van der Waals surface area contributed by atoms with Gasteiger partial charge in [-0.2, -0.15) is 0 Å². The summed E-state index contributed by atoms with van der Waals surface area (Å²) in [7, 11) is 0. The number of benzene rings is 1. The van der Waals surface area contributed by atoms with Gasteiger partial charge in [-0.05, 0) is 25.3 Å². The second-order valence-corrected chi connectivity index (χ2v) is 8.51. The number of aromatic nitrogens is 1. The number of nitrogens with one attached hydrogen (secondary N) is 1. The second-order valence-electron chi connectivity index (χ2n) is 8.51. The number of pyridine rings is 1. The van der Waals surface area contributed by atoms with E-state index >= 15 is 0 Å². The molecule has 1 saturated heterocycles. The van der Waals surface area contributed by atoms with Crippen LogP contribution in [0.25, 0.3) is 0 Å². The van der Waals surface area contributed by atoms with E-state index < -0.39 is 40.2 Å². The molecular formula is C22H23F2N3O4. The van der Waals surface area contributed by atoms with Gasteiger partial charge in [-0.25, -0.2) is 8.78 Å². The van der Waals surface area contributed by atoms with E-state index in [4.69, 9.17) is 0 Å². The third-order valence-electron chi connectivity index (χ3n) is 6.31. The standard InChI is InChI=1S/C22H23F2N3O4/c1-3-12-7-22(2)11-26-10-15(18(28)19(29)17(26)21(31)27(22)9-12)20(30)25-8-13-4-5-14(23)6-16(13)24/h4-6,10,12,29H,3,7-9,11H2,1-2H3,(H,25,30)/t12-,22+/m1/s1. The summed E-state index contributed by atoms with van der Waals surface area (Å²) in [6.07, 6.45) is 2.97. The number of amides is 2. The van der Waals surface area contributed by atoms with E-state index in [1.54, 1.807) is 4.90 Å². The van der Waals surface area contributed by atoms with E-state index in [1.165, 1.54) is 16.8 Å². The van der Waals surface area contributed by atoms with E-state index in [-0.39, 0.29) is 23.4 Å². The summed E-state index contributed by atoms with van der Waals surface area (Å²) in [6.45, 7) is 4.64. The summed E-state index contributed by atoms with van der Waals surface area (Å²) < 4.78 is 28.3. The average molecular weight is 431 g/mol. The minimum Gasteiger partial charge on any atom is -0.503 e. The van der Waals surface area contributed by atoms with Gasteiger partial charge in [-0.15, -0.1) is 0 Å². The van der Waals surface area contributed by atoms with E-state index in [2.05, 4.69) is 12.2 Å². The molecule has 3 heterocycles. The first-order valence-corrected chi connectivity index (χ1v) is 10.1. The van der Waals surface area contributed by atoms with E-state index in [1.807, 2.05) is 6.92 Å². The van der Waals surface area contributed by atoms with Gasteiger partial charge in [0, 0.05) is 37.5 Å². The Hall–Kier alpha value is -3.23. The molecule has 2 N–H and O–H groups in total. The smallest absolute Gasteiger partial charge is 0.275 e. The fourth-order valence-electron chi connectivity index (χ4n) is 4.62. The third-order valence-corrected chi connectivity index (χ3v) is 6.31. The quantitative estimate of drug-likeness (QED) is 0.778. The molecule has 7 nitrogen and oxygen atoms in total. The molecule has 1 fully saturated rings. The second kappa shape index (κ2) is 7.47. The minimum absolute atomic E-state index is 0.0481. The predicted octanol–water partition coefficient (Wildman–Crippen LogP) is 2.41. The van der Waals surface area contributed by atoms with Gasteiger partial charge in [-0.1, -0.05) is 19.4 Å². The molecule has 0 unspecified atom stereocenters. The lowest BCUT2D eigenvalue weighted by Gasteiger charge is -2.41. The number of carbonyl (C=O) groups is 2. The van der Waals surface area contributed by atoms with E-state index in [0.29, 0.717) is 25.1 Å². The van der Waals surface area contributed by atoms with Crippen LogP contribution in [0.15, 0.2) is 29.2 Å². The van der Waals surface area contributed by atoms with Crippen LogP contribution in [0.2, 0.25) is 0 Å². The zero-order valence-electron chi connectivity index (χ0n) is 17.2. The molecule has 2 atom stereocenters. The Balaban J connectivity index is 1.64. The summed E-state index contributed by atoms with van der Waals surface area (Å²) in [5.41, 5.74) is -1.87. The monoisotopic (exact) mass is 431 g/mol. The molecule has 0 saturated carbocycles. The highest BCUT2D eigenvalue weighted by molar-refractivity contribution is 5.99. The molecule has 31 heavy (non-hydrogen) atoms. The molecule has 164 valence electrons. The normalized spacial score (nSPS) is 22.3. The van der Waals surface area contributed by atoms with Gasteiger partial charge in [0.25, 0.3) is 11.8 Å². The Morgan fingerprint density at radius 3 is 2.74 bits per heavy atom. The highest BCUT2D eigenvalue weighted by Crippen LogP contribution is 2.40. The summed E-state index contributed by atoms with van der Waals surface area (Å²) in [4.78, 5) is 40.0. The van der Waals surface area contributed by atoms with Gasteiger partial charge < -0.3 is 19.9 Å². The van der Waals surface area contributed by atoms with E-state index in [9.17, 15) is 28.3 Å². The highest BCUT2D eigenvalue weighted by Gasteiger charge is 2.49. The first kappa shape index (κ1) is 21.0. The maximum Gasteiger partial charge on any atom is 0.275 e. The first-order valence-electron chi connectivity index (χ1n) is 10.1. The average Bonchev–Trinajstić information content (AvgIpc) is 3.06. The summed E-state index contributed by atoms with van der Waals surface area (Å²) in [5.74, 6) is -3.26. The molecule has 2 amide bonds. The number of hydrogen-bond donors (Lipinski definition) is 2. The van der Waals surface area contributed by atoms with Crippen LogP contribution in [-0.2, 0) is 13.1 Å². The molecule has 2 aliphatic rings. The number of carbonyl (C=O) groups excluding carboxylic acids is 2. The Morgan fingerprint density at radius 1 is 1.32 bits per heavy atom. The molecule has 2 aliphatic heterocycles. The van der Waals surface area contributed by atoms with Crippen molar-refractivity contribution in [3.05, 3.63) is 63.1 Å². The molecule has 0 radical (unpaired) electrons. The Morgan fingerprint density at radius 2 is 2.06 bits per heavy atom. The fourth-order valence-corrected chi connectivity index (χ4v) is 4.62. The van der Waals surface area contributed by atoms with Crippen LogP contribution in [-0.4, -0.2) is 38.5 Å². The number of aromatic hydroxyl groups is 1. The van der Waals surface area contributed by atoms with Crippen molar-refractivity contribution in [3.63, 3.8) is 0 Å². The van der Waals surface area contributed by atoms with Crippen LogP contribution in [0.4, 0.5) is 8.78 Å². The Bertz CT molecular complexity index is 1150. The lowest BCUT2D eigenvalue weighted by atomic mass is 9.91. The number of hydrogen-bond acceptors (Lipinski definition) is 4. The summed E-state index contributed by atoms with van der Waals surface area (Å²) in [5, 5.41) is 12.9. The number of nitrogens with zero attached hydrogens (tertiary/aromatic N) is 2. The van der Waals surface area contributed by atoms with Crippen LogP contribution in [0, 0.1) is 17.6 Å². The number of rotatable bonds is 4. The van der Waals surface area contributed by atoms with Gasteiger partial charge in [-0.3, -0.25) is 14.4 Å². The molecule has 1 aromatic heterocycles. The van der Waals surface area contributed by atoms with Crippen molar-refractivity contribution in [1.82, 2.24) is 14.8 Å². The molecule has 4 rings (SSSR count). The fraction of sp³-hybridized carbons (Fsp3) is 0.409. The molecule has 1 aromatic carbocycles. The van der Waals surface area contributed by atoms with Crippen molar-refractivity contribution in [3.8, 4) is 5.75 Å². The lowest BCUT2D eigenvalue weighted by molar-refractivity contribution is 0.0496. The van der Waals surface area contributed by atoms with Crippen molar-refractivity contribution < 1.29 is 23.5 Å². The maximum atomic E-state index is 13.8. The van der Waals surface area contributed by atoms with Crippen molar-refractivity contribution in [2.24, 2.45) is 5.92 Å². The molecule has 9 heteroatoms. The highest BCUT2D eigenvalue weighted by atomic mass is 19.1. The summed E-state index contributed by atoms with van der Waals surface area (Å²) >= 11 is 0. The van der Waals surface area contributed by atoms with Crippen molar-refractivity contribution in [1.29, 1.82) is 0 Å². The van der Waals surface area contributed by atoms with Gasteiger partial charge >= 0.3 is 0 Å². The van der Waals surface area contributed by atoms with Crippen LogP contribution >= 0.6 is 0 Å². The van der Waals surface area contributed by atoms with Crippen LogP contribution in [0.1, 0.15) is 53.1 Å². The molecule has 0 spiro atoms. The number of fused-ring (bicyclic) bond motifs is 2. The van der Waals surface area contributed by atoms with Gasteiger partial charge in [0.2, 0.25) is 5.43 Å². The zero-order valence-corrected chi connectivity index (χ0v) is 17.2. The number of halogens is 2.